The van der Waals surface area contributed by atoms with Crippen LogP contribution in [0.1, 0.15) is 29.1 Å². The fraction of sp³-hybridized carbons (Fsp3) is 0.333. The molecular weight excluding hydrogens is 364 g/mol. The van der Waals surface area contributed by atoms with E-state index in [-0.39, 0.29) is 29.3 Å². The average molecular weight is 377 g/mol. The first-order valence-corrected chi connectivity index (χ1v) is 7.89. The number of likely N-dealkylation sites (tertiary alicyclic amines) is 1. The van der Waals surface area contributed by atoms with Gasteiger partial charge in [0.25, 0.3) is 11.8 Å². The second-order valence-corrected chi connectivity index (χ2v) is 5.84. The molecule has 0 N–H and O–H groups in total. The molecule has 1 amide bonds. The summed E-state index contributed by atoms with van der Waals surface area (Å²) < 4.78 is 11.6. The van der Waals surface area contributed by atoms with Gasteiger partial charge in [0.1, 0.15) is 12.2 Å². The predicted molar refractivity (Wildman–Crippen MR) is 82.7 cm³/mol. The lowest BCUT2D eigenvalue weighted by atomic mass is 10.1. The Morgan fingerprint density at radius 1 is 1.43 bits per heavy atom. The van der Waals surface area contributed by atoms with Crippen LogP contribution in [0.25, 0.3) is 0 Å². The van der Waals surface area contributed by atoms with E-state index in [0.29, 0.717) is 17.8 Å². The molecule has 1 atom stereocenters. The number of carbonyl (C=O) groups excluding carboxylic acids is 1. The molecule has 0 bridgehead atoms. The monoisotopic (exact) mass is 376 g/mol. The molecule has 3 rings (SSSR count). The molecule has 2 aromatic heterocycles. The minimum absolute atomic E-state index is 0.144. The Labute approximate surface area is 141 Å². The molecule has 0 spiro atoms. The molecular formula is C15H13BrN4O3. The van der Waals surface area contributed by atoms with Gasteiger partial charge in [0.15, 0.2) is 10.4 Å². The first kappa shape index (κ1) is 15.5. The quantitative estimate of drug-likeness (QED) is 0.816. The molecule has 3 heterocycles. The van der Waals surface area contributed by atoms with Crippen LogP contribution in [0.4, 0.5) is 0 Å². The van der Waals surface area contributed by atoms with Crippen molar-refractivity contribution >= 4 is 21.8 Å². The van der Waals surface area contributed by atoms with Gasteiger partial charge in [-0.3, -0.25) is 4.79 Å². The molecule has 8 heteroatoms. The van der Waals surface area contributed by atoms with Crippen LogP contribution in [0.15, 0.2) is 33.6 Å². The van der Waals surface area contributed by atoms with Crippen LogP contribution >= 0.6 is 15.9 Å². The topological polar surface area (TPSA) is 92.2 Å². The van der Waals surface area contributed by atoms with Crippen molar-refractivity contribution in [2.24, 2.45) is 0 Å². The van der Waals surface area contributed by atoms with E-state index in [2.05, 4.69) is 25.9 Å². The highest BCUT2D eigenvalue weighted by atomic mass is 79.9. The van der Waals surface area contributed by atoms with Gasteiger partial charge in [0.2, 0.25) is 5.69 Å². The van der Waals surface area contributed by atoms with Crippen LogP contribution in [-0.4, -0.2) is 40.0 Å². The lowest BCUT2D eigenvalue weighted by molar-refractivity contribution is 0.0498. The van der Waals surface area contributed by atoms with Crippen LogP contribution < -0.4 is 4.74 Å². The number of hydrogen-bond acceptors (Lipinski definition) is 6. The smallest absolute Gasteiger partial charge is 0.289 e. The summed E-state index contributed by atoms with van der Waals surface area (Å²) in [6.07, 6.45) is 4.28. The molecule has 0 saturated carbocycles. The molecule has 1 saturated heterocycles. The molecule has 1 fully saturated rings. The average Bonchev–Trinajstić information content (AvgIpc) is 3.01. The maximum Gasteiger partial charge on any atom is 0.289 e. The van der Waals surface area contributed by atoms with Gasteiger partial charge in [-0.25, -0.2) is 9.97 Å². The molecule has 0 aliphatic carbocycles. The number of aromatic nitrogens is 2. The zero-order chi connectivity index (χ0) is 16.2. The second kappa shape index (κ2) is 6.79. The van der Waals surface area contributed by atoms with Crippen molar-refractivity contribution in [2.45, 2.75) is 18.9 Å². The van der Waals surface area contributed by atoms with Gasteiger partial charge in [-0.05, 0) is 40.9 Å². The van der Waals surface area contributed by atoms with Crippen LogP contribution in [-0.2, 0) is 0 Å². The maximum absolute atomic E-state index is 12.4. The zero-order valence-electron chi connectivity index (χ0n) is 12.1. The summed E-state index contributed by atoms with van der Waals surface area (Å²) in [5.74, 6) is 0.313. The minimum atomic E-state index is -0.227. The van der Waals surface area contributed by atoms with E-state index in [9.17, 15) is 4.79 Å². The fourth-order valence-corrected chi connectivity index (χ4v) is 2.76. The van der Waals surface area contributed by atoms with Gasteiger partial charge in [-0.15, -0.1) is 0 Å². The second-order valence-electron chi connectivity index (χ2n) is 5.06. The molecule has 23 heavy (non-hydrogen) atoms. The third-order valence-corrected chi connectivity index (χ3v) is 3.92. The Hall–Kier alpha value is -2.40. The largest absolute Gasteiger partial charge is 0.470 e. The van der Waals surface area contributed by atoms with Gasteiger partial charge in [-0.2, -0.15) is 5.26 Å². The summed E-state index contributed by atoms with van der Waals surface area (Å²) >= 11 is 3.19. The number of furan rings is 1. The number of halogens is 1. The van der Waals surface area contributed by atoms with Crippen molar-refractivity contribution in [1.29, 1.82) is 5.26 Å². The van der Waals surface area contributed by atoms with Crippen molar-refractivity contribution in [2.75, 3.05) is 13.1 Å². The highest BCUT2D eigenvalue weighted by Gasteiger charge is 2.28. The van der Waals surface area contributed by atoms with E-state index >= 15 is 0 Å². The first-order chi connectivity index (χ1) is 11.2. The Morgan fingerprint density at radius 2 is 2.26 bits per heavy atom. The van der Waals surface area contributed by atoms with E-state index in [1.165, 1.54) is 12.4 Å². The SMILES string of the molecule is N#Cc1nccnc1O[C@@H]1CCCN(C(=O)c2ccc(Br)o2)C1. The molecule has 1 aliphatic heterocycles. The third-order valence-electron chi connectivity index (χ3n) is 3.50. The van der Waals surface area contributed by atoms with Crippen LogP contribution in [0.3, 0.4) is 0 Å². The highest BCUT2D eigenvalue weighted by Crippen LogP contribution is 2.21. The molecule has 7 nitrogen and oxygen atoms in total. The van der Waals surface area contributed by atoms with Crippen LogP contribution in [0, 0.1) is 11.3 Å². The van der Waals surface area contributed by atoms with Crippen molar-refractivity contribution in [3.05, 3.63) is 40.7 Å². The zero-order valence-corrected chi connectivity index (χ0v) is 13.7. The standard InChI is InChI=1S/C15H13BrN4O3/c16-13-4-3-12(23-13)15(21)20-7-1-2-10(9-20)22-14-11(8-17)18-5-6-19-14/h3-6,10H,1-2,7,9H2/t10-/m1/s1. The predicted octanol–water partition coefficient (Wildman–Crippen LogP) is 2.39. The lowest BCUT2D eigenvalue weighted by Crippen LogP contribution is -2.44. The van der Waals surface area contributed by atoms with Gasteiger partial charge in [0, 0.05) is 18.9 Å². The van der Waals surface area contributed by atoms with Crippen molar-refractivity contribution in [1.82, 2.24) is 14.9 Å². The summed E-state index contributed by atoms with van der Waals surface area (Å²) in [5, 5.41) is 9.03. The summed E-state index contributed by atoms with van der Waals surface area (Å²) in [6.45, 7) is 1.06. The van der Waals surface area contributed by atoms with E-state index < -0.39 is 0 Å². The Balaban J connectivity index is 1.69. The van der Waals surface area contributed by atoms with Gasteiger partial charge in [-0.1, -0.05) is 0 Å². The van der Waals surface area contributed by atoms with Crippen molar-refractivity contribution < 1.29 is 13.9 Å². The van der Waals surface area contributed by atoms with Crippen molar-refractivity contribution in [3.63, 3.8) is 0 Å². The number of piperidine rings is 1. The third kappa shape index (κ3) is 3.51. The maximum atomic E-state index is 12.4. The minimum Gasteiger partial charge on any atom is -0.470 e. The number of amides is 1. The molecule has 2 aromatic rings. The van der Waals surface area contributed by atoms with Gasteiger partial charge >= 0.3 is 0 Å². The molecule has 0 aromatic carbocycles. The Bertz CT molecular complexity index is 755. The first-order valence-electron chi connectivity index (χ1n) is 7.09. The van der Waals surface area contributed by atoms with E-state index in [1.807, 2.05) is 6.07 Å². The highest BCUT2D eigenvalue weighted by molar-refractivity contribution is 9.10. The van der Waals surface area contributed by atoms with Crippen molar-refractivity contribution in [3.8, 4) is 11.9 Å². The fourth-order valence-electron chi connectivity index (χ4n) is 2.45. The number of nitrogens with zero attached hydrogens (tertiary/aromatic N) is 4. The summed E-state index contributed by atoms with van der Waals surface area (Å²) in [4.78, 5) is 22.0. The molecule has 0 unspecified atom stereocenters. The van der Waals surface area contributed by atoms with Crippen LogP contribution in [0.2, 0.25) is 0 Å². The number of nitriles is 1. The normalized spacial score (nSPS) is 17.6. The Kier molecular flexibility index (Phi) is 4.57. The molecule has 0 radical (unpaired) electrons. The lowest BCUT2D eigenvalue weighted by Gasteiger charge is -2.32. The Morgan fingerprint density at radius 3 is 3.00 bits per heavy atom. The summed E-state index contributed by atoms with van der Waals surface area (Å²) in [5.41, 5.74) is 0.144. The van der Waals surface area contributed by atoms with Crippen LogP contribution in [0.5, 0.6) is 5.88 Å². The van der Waals surface area contributed by atoms with Gasteiger partial charge < -0.3 is 14.1 Å². The van der Waals surface area contributed by atoms with E-state index in [4.69, 9.17) is 14.4 Å². The van der Waals surface area contributed by atoms with E-state index in [1.54, 1.807) is 17.0 Å². The summed E-state index contributed by atoms with van der Waals surface area (Å²) in [6, 6.07) is 5.27. The van der Waals surface area contributed by atoms with E-state index in [0.717, 1.165) is 12.8 Å². The number of carbonyl (C=O) groups is 1. The number of hydrogen-bond donors (Lipinski definition) is 0. The summed E-state index contributed by atoms with van der Waals surface area (Å²) in [7, 11) is 0. The number of rotatable bonds is 3. The molecule has 118 valence electrons. The van der Waals surface area contributed by atoms with Gasteiger partial charge in [0.05, 0.1) is 6.54 Å². The molecule has 1 aliphatic rings. The number of ether oxygens (including phenoxy) is 1.